The minimum Gasteiger partial charge on any atom is -0.394 e. The summed E-state index contributed by atoms with van der Waals surface area (Å²) in [5, 5.41) is 120. The van der Waals surface area contributed by atoms with Gasteiger partial charge in [-0.25, -0.2) is 0 Å². The molecular formula is C62H111NO18. The van der Waals surface area contributed by atoms with Crippen molar-refractivity contribution >= 4 is 5.91 Å². The zero-order valence-corrected chi connectivity index (χ0v) is 49.3. The third-order valence-electron chi connectivity index (χ3n) is 15.7. The lowest BCUT2D eigenvalue weighted by atomic mass is 9.96. The van der Waals surface area contributed by atoms with Crippen LogP contribution in [0, 0.1) is 0 Å². The van der Waals surface area contributed by atoms with Gasteiger partial charge in [-0.15, -0.1) is 0 Å². The molecule has 3 heterocycles. The number of carbonyl (C=O) groups excluding carboxylic acids is 1. The van der Waals surface area contributed by atoms with E-state index in [2.05, 4.69) is 67.8 Å². The molecule has 3 saturated heterocycles. The van der Waals surface area contributed by atoms with Gasteiger partial charge in [0, 0.05) is 6.42 Å². The summed E-state index contributed by atoms with van der Waals surface area (Å²) in [7, 11) is 0. The van der Waals surface area contributed by atoms with Gasteiger partial charge in [-0.05, 0) is 51.4 Å². The van der Waals surface area contributed by atoms with Crippen LogP contribution >= 0.6 is 0 Å². The van der Waals surface area contributed by atoms with Gasteiger partial charge in [0.2, 0.25) is 5.91 Å². The number of aliphatic hydroxyl groups is 11. The number of hydrogen-bond acceptors (Lipinski definition) is 18. The molecule has 472 valence electrons. The van der Waals surface area contributed by atoms with Crippen LogP contribution in [-0.4, -0.2) is 193 Å². The molecule has 3 fully saturated rings. The molecule has 19 heteroatoms. The van der Waals surface area contributed by atoms with Gasteiger partial charge in [0.1, 0.15) is 73.2 Å². The summed E-state index contributed by atoms with van der Waals surface area (Å²) in [6.45, 7) is 1.56. The quantitative estimate of drug-likeness (QED) is 0.0236. The number of allylic oxidation sites excluding steroid dienone is 8. The van der Waals surface area contributed by atoms with Gasteiger partial charge in [-0.2, -0.15) is 0 Å². The van der Waals surface area contributed by atoms with Crippen molar-refractivity contribution in [2.45, 2.75) is 311 Å². The average Bonchev–Trinajstić information content (AvgIpc) is 3.48. The largest absolute Gasteiger partial charge is 0.394 e. The molecule has 0 radical (unpaired) electrons. The van der Waals surface area contributed by atoms with Crippen LogP contribution in [0.4, 0.5) is 0 Å². The Bertz CT molecular complexity index is 1670. The lowest BCUT2D eigenvalue weighted by Gasteiger charge is -2.48. The maximum Gasteiger partial charge on any atom is 0.220 e. The van der Waals surface area contributed by atoms with Crippen molar-refractivity contribution in [1.29, 1.82) is 0 Å². The number of ether oxygens (including phenoxy) is 6. The summed E-state index contributed by atoms with van der Waals surface area (Å²) in [6.07, 6.45) is 24.4. The van der Waals surface area contributed by atoms with Gasteiger partial charge in [-0.1, -0.05) is 197 Å². The van der Waals surface area contributed by atoms with E-state index in [1.807, 2.05) is 0 Å². The number of aliphatic hydroxyl groups excluding tert-OH is 11. The van der Waals surface area contributed by atoms with Crippen molar-refractivity contribution in [1.82, 2.24) is 5.32 Å². The van der Waals surface area contributed by atoms with Crippen LogP contribution in [0.25, 0.3) is 0 Å². The SMILES string of the molecule is CC/C=C\C/C=C\C/C=C\C/C=C\CCCCCCCCCCCCCCCCCCCCC(=O)NC(COC1OC(CO)C(OC2OC(CO)C(OC3OC(CO)C(O)C(O)C3O)C(O)C2O)C(O)C1O)C(O)CCCCCCC. The van der Waals surface area contributed by atoms with Gasteiger partial charge in [-0.3, -0.25) is 4.79 Å². The summed E-state index contributed by atoms with van der Waals surface area (Å²) in [6, 6.07) is -0.882. The fourth-order valence-corrected chi connectivity index (χ4v) is 10.5. The first-order chi connectivity index (χ1) is 39.3. The molecule has 3 aliphatic rings. The van der Waals surface area contributed by atoms with E-state index in [4.69, 9.17) is 28.4 Å². The summed E-state index contributed by atoms with van der Waals surface area (Å²) in [5.74, 6) is -0.250. The Morgan fingerprint density at radius 1 is 0.457 bits per heavy atom. The first-order valence-electron chi connectivity index (χ1n) is 31.4. The Labute approximate surface area is 484 Å². The van der Waals surface area contributed by atoms with Crippen molar-refractivity contribution in [3.8, 4) is 0 Å². The molecule has 1 amide bonds. The lowest BCUT2D eigenvalue weighted by molar-refractivity contribution is -0.379. The number of amides is 1. The second-order valence-corrected chi connectivity index (χ2v) is 22.5. The smallest absolute Gasteiger partial charge is 0.220 e. The van der Waals surface area contributed by atoms with Crippen molar-refractivity contribution in [3.63, 3.8) is 0 Å². The first kappa shape index (κ1) is 73.0. The van der Waals surface area contributed by atoms with Crippen molar-refractivity contribution in [2.24, 2.45) is 0 Å². The van der Waals surface area contributed by atoms with Gasteiger partial charge in [0.15, 0.2) is 18.9 Å². The van der Waals surface area contributed by atoms with Gasteiger partial charge in [0.25, 0.3) is 0 Å². The Morgan fingerprint density at radius 3 is 1.33 bits per heavy atom. The summed E-state index contributed by atoms with van der Waals surface area (Å²) in [5.41, 5.74) is 0. The molecule has 0 aromatic rings. The summed E-state index contributed by atoms with van der Waals surface area (Å²) in [4.78, 5) is 13.2. The van der Waals surface area contributed by atoms with Crippen LogP contribution in [0.3, 0.4) is 0 Å². The molecule has 0 aromatic heterocycles. The minimum absolute atomic E-state index is 0.250. The molecule has 0 spiro atoms. The van der Waals surface area contributed by atoms with Crippen LogP contribution in [-0.2, 0) is 33.2 Å². The second kappa shape index (κ2) is 45.1. The zero-order chi connectivity index (χ0) is 59.0. The summed E-state index contributed by atoms with van der Waals surface area (Å²) >= 11 is 0. The number of nitrogens with one attached hydrogen (secondary N) is 1. The van der Waals surface area contributed by atoms with Crippen LogP contribution in [0.5, 0.6) is 0 Å². The highest BCUT2D eigenvalue weighted by Crippen LogP contribution is 2.33. The minimum atomic E-state index is -1.97. The predicted molar refractivity (Wildman–Crippen MR) is 309 cm³/mol. The molecule has 17 atom stereocenters. The molecule has 0 saturated carbocycles. The number of rotatable bonds is 46. The van der Waals surface area contributed by atoms with E-state index in [0.717, 1.165) is 77.0 Å². The number of unbranched alkanes of at least 4 members (excludes halogenated alkanes) is 22. The monoisotopic (exact) mass is 1160 g/mol. The van der Waals surface area contributed by atoms with E-state index in [-0.39, 0.29) is 18.9 Å². The third kappa shape index (κ3) is 28.7. The zero-order valence-electron chi connectivity index (χ0n) is 49.3. The average molecular weight is 1160 g/mol. The van der Waals surface area contributed by atoms with Crippen LogP contribution < -0.4 is 5.32 Å². The Hall–Kier alpha value is -2.25. The van der Waals surface area contributed by atoms with Crippen molar-refractivity contribution in [3.05, 3.63) is 48.6 Å². The second-order valence-electron chi connectivity index (χ2n) is 22.5. The number of hydrogen-bond donors (Lipinski definition) is 12. The van der Waals surface area contributed by atoms with E-state index in [0.29, 0.717) is 12.8 Å². The van der Waals surface area contributed by atoms with Crippen molar-refractivity contribution in [2.75, 3.05) is 26.4 Å². The van der Waals surface area contributed by atoms with E-state index in [1.54, 1.807) is 0 Å². The molecule has 0 bridgehead atoms. The molecule has 12 N–H and O–H groups in total. The highest BCUT2D eigenvalue weighted by Gasteiger charge is 2.53. The van der Waals surface area contributed by atoms with E-state index < -0.39 is 124 Å². The Morgan fingerprint density at radius 2 is 0.852 bits per heavy atom. The summed E-state index contributed by atoms with van der Waals surface area (Å²) < 4.78 is 34.1. The Balaban J connectivity index is 1.30. The van der Waals surface area contributed by atoms with Gasteiger partial charge < -0.3 is 89.9 Å². The topological polar surface area (TPSA) is 307 Å². The van der Waals surface area contributed by atoms with Crippen LogP contribution in [0.15, 0.2) is 48.6 Å². The van der Waals surface area contributed by atoms with E-state index >= 15 is 0 Å². The molecule has 0 aromatic carbocycles. The first-order valence-corrected chi connectivity index (χ1v) is 31.4. The van der Waals surface area contributed by atoms with Crippen LogP contribution in [0.1, 0.15) is 206 Å². The normalized spacial score (nSPS) is 30.1. The maximum absolute atomic E-state index is 13.2. The molecule has 81 heavy (non-hydrogen) atoms. The standard InChI is InChI=1S/C62H111NO18/c1-3-5-7-9-10-11-12-13-14-15-16-17-18-19-20-21-22-23-24-25-26-27-28-29-30-31-32-33-34-36-38-40-50(68)63-45(46(67)39-37-35-8-6-4-2)44-76-60-56(74)53(71)58(48(42-65)78-60)81-62-57(75)54(72)59(49(43-66)79-62)80-61-55(73)52(70)51(69)47(41-64)77-61/h5,7,10-11,13-14,16-17,45-49,51-62,64-67,69-75H,3-4,6,8-9,12,15,18-44H2,1-2H3,(H,63,68)/b7-5-,11-10-,14-13-,17-16-. The Kier molecular flexibility index (Phi) is 40.7. The molecular weight excluding hydrogens is 1050 g/mol. The van der Waals surface area contributed by atoms with E-state index in [9.17, 15) is 61.0 Å². The number of carbonyl (C=O) groups is 1. The highest BCUT2D eigenvalue weighted by atomic mass is 16.8. The lowest BCUT2D eigenvalue weighted by Crippen LogP contribution is -2.66. The maximum atomic E-state index is 13.2. The van der Waals surface area contributed by atoms with Crippen LogP contribution in [0.2, 0.25) is 0 Å². The van der Waals surface area contributed by atoms with E-state index in [1.165, 1.54) is 96.3 Å². The highest BCUT2D eigenvalue weighted by molar-refractivity contribution is 5.76. The fraction of sp³-hybridized carbons (Fsp3) is 0.855. The predicted octanol–water partition coefficient (Wildman–Crippen LogP) is 6.26. The molecule has 0 aliphatic carbocycles. The van der Waals surface area contributed by atoms with Gasteiger partial charge in [0.05, 0.1) is 38.6 Å². The van der Waals surface area contributed by atoms with Gasteiger partial charge >= 0.3 is 0 Å². The molecule has 19 nitrogen and oxygen atoms in total. The third-order valence-corrected chi connectivity index (χ3v) is 15.7. The molecule has 17 unspecified atom stereocenters. The van der Waals surface area contributed by atoms with Crippen molar-refractivity contribution < 1.29 is 89.4 Å². The molecule has 3 aliphatic heterocycles. The molecule has 3 rings (SSSR count). The fourth-order valence-electron chi connectivity index (χ4n) is 10.5.